The van der Waals surface area contributed by atoms with E-state index in [4.69, 9.17) is 4.74 Å². The average molecular weight is 416 g/mol. The van der Waals surface area contributed by atoms with Crippen molar-refractivity contribution in [2.45, 2.75) is 25.7 Å². The Labute approximate surface area is 181 Å². The number of aldehydes is 1. The summed E-state index contributed by atoms with van der Waals surface area (Å²) in [5.74, 6) is 2.40. The van der Waals surface area contributed by atoms with E-state index in [1.807, 2.05) is 35.2 Å². The van der Waals surface area contributed by atoms with Crippen molar-refractivity contribution in [2.75, 3.05) is 18.4 Å². The Kier molecular flexibility index (Phi) is 6.21. The van der Waals surface area contributed by atoms with Gasteiger partial charge in [-0.3, -0.25) is 9.59 Å². The van der Waals surface area contributed by atoms with Gasteiger partial charge in [0, 0.05) is 49.2 Å². The minimum absolute atomic E-state index is 0.129. The summed E-state index contributed by atoms with van der Waals surface area (Å²) in [6.07, 6.45) is 5.83. The third kappa shape index (κ3) is 5.06. The summed E-state index contributed by atoms with van der Waals surface area (Å²) in [5.41, 5.74) is 2.47. The SMILES string of the molecule is CC(=O)N1CCC(c2cccnc2Oc2ccc(Nc3ccc(C=O)cn3)cc2)CC1. The zero-order chi connectivity index (χ0) is 21.6. The molecule has 0 unspecified atom stereocenters. The Morgan fingerprint density at radius 1 is 1.10 bits per heavy atom. The number of nitrogens with zero attached hydrogens (tertiary/aromatic N) is 3. The normalized spacial score (nSPS) is 14.2. The standard InChI is InChI=1S/C24H24N4O3/c1-17(30)28-13-10-19(11-14-28)22-3-2-12-25-24(22)31-21-7-5-20(6-8-21)27-23-9-4-18(16-29)15-26-23/h2-9,12,15-16,19H,10-11,13-14H2,1H3,(H,26,27). The van der Waals surface area contributed by atoms with Crippen LogP contribution >= 0.6 is 0 Å². The van der Waals surface area contributed by atoms with E-state index in [9.17, 15) is 9.59 Å². The number of rotatable bonds is 6. The van der Waals surface area contributed by atoms with Crippen LogP contribution in [0.4, 0.5) is 11.5 Å². The number of carbonyl (C=O) groups is 2. The van der Waals surface area contributed by atoms with Crippen molar-refractivity contribution in [3.8, 4) is 11.6 Å². The van der Waals surface area contributed by atoms with E-state index in [0.717, 1.165) is 43.5 Å². The number of hydrogen-bond donors (Lipinski definition) is 1. The van der Waals surface area contributed by atoms with Crippen molar-refractivity contribution >= 4 is 23.7 Å². The summed E-state index contributed by atoms with van der Waals surface area (Å²) in [4.78, 5) is 32.9. The predicted molar refractivity (Wildman–Crippen MR) is 118 cm³/mol. The van der Waals surface area contributed by atoms with E-state index in [-0.39, 0.29) is 5.91 Å². The lowest BCUT2D eigenvalue weighted by Gasteiger charge is -2.31. The quantitative estimate of drug-likeness (QED) is 0.594. The molecule has 1 aliphatic rings. The van der Waals surface area contributed by atoms with Gasteiger partial charge >= 0.3 is 0 Å². The predicted octanol–water partition coefficient (Wildman–Crippen LogP) is 4.55. The highest BCUT2D eigenvalue weighted by molar-refractivity contribution is 5.75. The average Bonchev–Trinajstić information content (AvgIpc) is 2.81. The highest BCUT2D eigenvalue weighted by Crippen LogP contribution is 2.35. The van der Waals surface area contributed by atoms with Gasteiger partial charge in [-0.25, -0.2) is 9.97 Å². The first-order chi connectivity index (χ1) is 15.1. The molecule has 0 aliphatic carbocycles. The number of anilines is 2. The third-order valence-electron chi connectivity index (χ3n) is 5.44. The zero-order valence-electron chi connectivity index (χ0n) is 17.3. The number of piperidine rings is 1. The van der Waals surface area contributed by atoms with Gasteiger partial charge in [0.1, 0.15) is 11.6 Å². The van der Waals surface area contributed by atoms with Crippen LogP contribution in [-0.2, 0) is 4.79 Å². The van der Waals surface area contributed by atoms with Gasteiger partial charge in [0.05, 0.1) is 0 Å². The molecule has 0 spiro atoms. The van der Waals surface area contributed by atoms with Crippen LogP contribution in [0.3, 0.4) is 0 Å². The molecule has 1 N–H and O–H groups in total. The van der Waals surface area contributed by atoms with Crippen molar-refractivity contribution in [1.82, 2.24) is 14.9 Å². The van der Waals surface area contributed by atoms with Gasteiger partial charge in [0.25, 0.3) is 0 Å². The van der Waals surface area contributed by atoms with E-state index in [0.29, 0.717) is 28.9 Å². The summed E-state index contributed by atoms with van der Waals surface area (Å²) >= 11 is 0. The number of pyridine rings is 2. The minimum atomic E-state index is 0.129. The molecule has 1 aromatic carbocycles. The van der Waals surface area contributed by atoms with Crippen molar-refractivity contribution in [3.05, 3.63) is 72.1 Å². The highest BCUT2D eigenvalue weighted by Gasteiger charge is 2.24. The molecule has 4 rings (SSSR count). The van der Waals surface area contributed by atoms with E-state index in [1.165, 1.54) is 6.20 Å². The second-order valence-corrected chi connectivity index (χ2v) is 7.52. The maximum Gasteiger partial charge on any atom is 0.222 e. The number of likely N-dealkylation sites (tertiary alicyclic amines) is 1. The topological polar surface area (TPSA) is 84.4 Å². The maximum absolute atomic E-state index is 11.6. The summed E-state index contributed by atoms with van der Waals surface area (Å²) in [6, 6.07) is 15.0. The fraction of sp³-hybridized carbons (Fsp3) is 0.250. The second kappa shape index (κ2) is 9.38. The highest BCUT2D eigenvalue weighted by atomic mass is 16.5. The first kappa shape index (κ1) is 20.5. The fourth-order valence-corrected chi connectivity index (χ4v) is 3.72. The van der Waals surface area contributed by atoms with Gasteiger partial charge < -0.3 is 15.0 Å². The minimum Gasteiger partial charge on any atom is -0.439 e. The molecule has 7 nitrogen and oxygen atoms in total. The third-order valence-corrected chi connectivity index (χ3v) is 5.44. The summed E-state index contributed by atoms with van der Waals surface area (Å²) in [7, 11) is 0. The molecule has 3 aromatic rings. The van der Waals surface area contributed by atoms with Gasteiger partial charge in [-0.05, 0) is 61.2 Å². The van der Waals surface area contributed by atoms with Gasteiger partial charge in [-0.15, -0.1) is 0 Å². The van der Waals surface area contributed by atoms with Crippen molar-refractivity contribution in [2.24, 2.45) is 0 Å². The molecule has 0 radical (unpaired) electrons. The number of nitrogens with one attached hydrogen (secondary N) is 1. The van der Waals surface area contributed by atoms with Crippen LogP contribution in [0.5, 0.6) is 11.6 Å². The molecule has 0 atom stereocenters. The fourth-order valence-electron chi connectivity index (χ4n) is 3.72. The largest absolute Gasteiger partial charge is 0.439 e. The summed E-state index contributed by atoms with van der Waals surface area (Å²) < 4.78 is 6.10. The molecular weight excluding hydrogens is 392 g/mol. The second-order valence-electron chi connectivity index (χ2n) is 7.52. The molecule has 1 amide bonds. The molecular formula is C24H24N4O3. The lowest BCUT2D eigenvalue weighted by molar-refractivity contribution is -0.129. The number of benzene rings is 1. The Hall–Kier alpha value is -3.74. The lowest BCUT2D eigenvalue weighted by atomic mass is 9.90. The number of carbonyl (C=O) groups excluding carboxylic acids is 2. The van der Waals surface area contributed by atoms with E-state index in [1.54, 1.807) is 25.3 Å². The van der Waals surface area contributed by atoms with E-state index >= 15 is 0 Å². The van der Waals surface area contributed by atoms with Crippen LogP contribution in [0.25, 0.3) is 0 Å². The Bertz CT molecular complexity index is 1040. The molecule has 158 valence electrons. The van der Waals surface area contributed by atoms with Crippen LogP contribution in [0.2, 0.25) is 0 Å². The van der Waals surface area contributed by atoms with E-state index < -0.39 is 0 Å². The van der Waals surface area contributed by atoms with Crippen LogP contribution in [0.1, 0.15) is 41.6 Å². The molecule has 31 heavy (non-hydrogen) atoms. The van der Waals surface area contributed by atoms with E-state index in [2.05, 4.69) is 21.4 Å². The maximum atomic E-state index is 11.6. The molecule has 1 fully saturated rings. The molecule has 1 aliphatic heterocycles. The summed E-state index contributed by atoms with van der Waals surface area (Å²) in [5, 5.41) is 3.19. The smallest absolute Gasteiger partial charge is 0.222 e. The molecule has 1 saturated heterocycles. The molecule has 7 heteroatoms. The molecule has 2 aromatic heterocycles. The molecule has 0 bridgehead atoms. The first-order valence-electron chi connectivity index (χ1n) is 10.3. The zero-order valence-corrected chi connectivity index (χ0v) is 17.3. The van der Waals surface area contributed by atoms with Gasteiger partial charge in [0.2, 0.25) is 11.8 Å². The van der Waals surface area contributed by atoms with Crippen LogP contribution in [0.15, 0.2) is 60.9 Å². The van der Waals surface area contributed by atoms with Crippen LogP contribution in [0, 0.1) is 0 Å². The van der Waals surface area contributed by atoms with Crippen LogP contribution < -0.4 is 10.1 Å². The summed E-state index contributed by atoms with van der Waals surface area (Å²) in [6.45, 7) is 3.14. The van der Waals surface area contributed by atoms with Crippen molar-refractivity contribution < 1.29 is 14.3 Å². The lowest BCUT2D eigenvalue weighted by Crippen LogP contribution is -2.36. The Morgan fingerprint density at radius 3 is 2.52 bits per heavy atom. The van der Waals surface area contributed by atoms with Gasteiger partial charge in [-0.1, -0.05) is 6.07 Å². The number of hydrogen-bond acceptors (Lipinski definition) is 6. The first-order valence-corrected chi connectivity index (χ1v) is 10.3. The van der Waals surface area contributed by atoms with Gasteiger partial charge in [0.15, 0.2) is 6.29 Å². The monoisotopic (exact) mass is 416 g/mol. The Balaban J connectivity index is 1.42. The Morgan fingerprint density at radius 2 is 1.87 bits per heavy atom. The van der Waals surface area contributed by atoms with Crippen molar-refractivity contribution in [3.63, 3.8) is 0 Å². The number of aromatic nitrogens is 2. The molecule has 0 saturated carbocycles. The van der Waals surface area contributed by atoms with Crippen molar-refractivity contribution in [1.29, 1.82) is 0 Å². The molecule has 3 heterocycles. The van der Waals surface area contributed by atoms with Crippen LogP contribution in [-0.4, -0.2) is 40.2 Å². The van der Waals surface area contributed by atoms with Gasteiger partial charge in [-0.2, -0.15) is 0 Å². The number of amides is 1. The number of ether oxygens (including phenoxy) is 1.